The number of hydrogen-bond donors (Lipinski definition) is 3. The van der Waals surface area contributed by atoms with Crippen molar-refractivity contribution in [3.8, 4) is 0 Å². The van der Waals surface area contributed by atoms with Crippen LogP contribution >= 0.6 is 0 Å². The summed E-state index contributed by atoms with van der Waals surface area (Å²) in [4.78, 5) is 10.6. The van der Waals surface area contributed by atoms with Crippen molar-refractivity contribution in [1.29, 1.82) is 0 Å². The van der Waals surface area contributed by atoms with Gasteiger partial charge in [-0.1, -0.05) is 83.5 Å². The molecule has 0 fully saturated rings. The number of amides is 1. The molecule has 0 saturated carbocycles. The van der Waals surface area contributed by atoms with E-state index in [1.165, 1.54) is 83.5 Å². The van der Waals surface area contributed by atoms with Gasteiger partial charge in [0.2, 0.25) is 5.91 Å². The minimum Gasteiger partial charge on any atom is -0.370 e. The molecule has 4 heteroatoms. The van der Waals surface area contributed by atoms with E-state index in [9.17, 15) is 4.79 Å². The van der Waals surface area contributed by atoms with E-state index in [2.05, 4.69) is 5.32 Å². The molecule has 0 aliphatic carbocycles. The van der Waals surface area contributed by atoms with Crippen molar-refractivity contribution in [2.75, 3.05) is 19.6 Å². The molecule has 0 aliphatic heterocycles. The highest BCUT2D eigenvalue weighted by Crippen LogP contribution is 2.13. The van der Waals surface area contributed by atoms with Crippen LogP contribution in [-0.2, 0) is 4.79 Å². The molecule has 0 rings (SSSR count). The summed E-state index contributed by atoms with van der Waals surface area (Å²) < 4.78 is 0. The Hall–Kier alpha value is -0.610. The quantitative estimate of drug-likeness (QED) is 0.289. The number of carbonyl (C=O) groups excluding carboxylic acids is 1. The van der Waals surface area contributed by atoms with Crippen molar-refractivity contribution >= 4 is 5.91 Å². The third-order valence-corrected chi connectivity index (χ3v) is 4.60. The largest absolute Gasteiger partial charge is 0.370 e. The minimum atomic E-state index is -0.158. The van der Waals surface area contributed by atoms with Crippen LogP contribution in [0.15, 0.2) is 0 Å². The standard InChI is InChI=1S/C20H43N3O/c21-17-19-23-18-15-13-11-9-7-5-3-1-2-4-6-8-10-12-14-16-20(22)24/h23H,1-19,21H2,(H2,22,24). The van der Waals surface area contributed by atoms with Gasteiger partial charge >= 0.3 is 0 Å². The first-order chi connectivity index (χ1) is 11.8. The van der Waals surface area contributed by atoms with E-state index >= 15 is 0 Å². The molecule has 0 aliphatic rings. The molecule has 24 heavy (non-hydrogen) atoms. The van der Waals surface area contributed by atoms with E-state index in [1.807, 2.05) is 0 Å². The van der Waals surface area contributed by atoms with Crippen molar-refractivity contribution in [3.05, 3.63) is 0 Å². The molecule has 0 aromatic heterocycles. The summed E-state index contributed by atoms with van der Waals surface area (Å²) in [6, 6.07) is 0. The lowest BCUT2D eigenvalue weighted by Gasteiger charge is -2.04. The molecule has 1 amide bonds. The van der Waals surface area contributed by atoms with Gasteiger partial charge in [-0.2, -0.15) is 0 Å². The summed E-state index contributed by atoms with van der Waals surface area (Å²) in [6.07, 6.45) is 20.5. The van der Waals surface area contributed by atoms with E-state index in [4.69, 9.17) is 11.5 Å². The zero-order valence-corrected chi connectivity index (χ0v) is 16.0. The van der Waals surface area contributed by atoms with Gasteiger partial charge in [0.15, 0.2) is 0 Å². The average molecular weight is 342 g/mol. The molecule has 144 valence electrons. The predicted molar refractivity (Wildman–Crippen MR) is 105 cm³/mol. The smallest absolute Gasteiger partial charge is 0.217 e. The lowest BCUT2D eigenvalue weighted by molar-refractivity contribution is -0.118. The van der Waals surface area contributed by atoms with Gasteiger partial charge in [-0.15, -0.1) is 0 Å². The second kappa shape index (κ2) is 20.4. The molecule has 0 unspecified atom stereocenters. The molecule has 0 atom stereocenters. The fraction of sp³-hybridized carbons (Fsp3) is 0.950. The van der Waals surface area contributed by atoms with Crippen molar-refractivity contribution in [2.45, 2.75) is 103 Å². The topological polar surface area (TPSA) is 81.1 Å². The number of carbonyl (C=O) groups is 1. The van der Waals surface area contributed by atoms with Crippen LogP contribution in [-0.4, -0.2) is 25.5 Å². The first kappa shape index (κ1) is 23.4. The maximum Gasteiger partial charge on any atom is 0.217 e. The molecule has 0 spiro atoms. The van der Waals surface area contributed by atoms with Crippen molar-refractivity contribution in [3.63, 3.8) is 0 Å². The number of unbranched alkanes of at least 4 members (excludes halogenated alkanes) is 14. The summed E-state index contributed by atoms with van der Waals surface area (Å²) in [5.41, 5.74) is 10.6. The summed E-state index contributed by atoms with van der Waals surface area (Å²) in [5, 5.41) is 3.35. The average Bonchev–Trinajstić information content (AvgIpc) is 2.56. The van der Waals surface area contributed by atoms with Gasteiger partial charge in [-0.3, -0.25) is 4.79 Å². The molecule has 0 aromatic rings. The third kappa shape index (κ3) is 21.4. The van der Waals surface area contributed by atoms with Crippen LogP contribution in [0.3, 0.4) is 0 Å². The molecule has 0 radical (unpaired) electrons. The molecule has 0 saturated heterocycles. The van der Waals surface area contributed by atoms with Crippen LogP contribution in [0.4, 0.5) is 0 Å². The van der Waals surface area contributed by atoms with Gasteiger partial charge in [0, 0.05) is 19.5 Å². The van der Waals surface area contributed by atoms with Gasteiger partial charge < -0.3 is 16.8 Å². The number of nitrogens with one attached hydrogen (secondary N) is 1. The van der Waals surface area contributed by atoms with E-state index in [-0.39, 0.29) is 5.91 Å². The second-order valence-electron chi connectivity index (χ2n) is 7.06. The highest BCUT2D eigenvalue weighted by atomic mass is 16.1. The first-order valence-electron chi connectivity index (χ1n) is 10.5. The Morgan fingerprint density at radius 2 is 0.958 bits per heavy atom. The fourth-order valence-corrected chi connectivity index (χ4v) is 3.07. The number of rotatable bonds is 20. The summed E-state index contributed by atoms with van der Waals surface area (Å²) in [6.45, 7) is 2.83. The highest BCUT2D eigenvalue weighted by molar-refractivity contribution is 5.73. The van der Waals surface area contributed by atoms with Gasteiger partial charge in [0.1, 0.15) is 0 Å². The van der Waals surface area contributed by atoms with Gasteiger partial charge in [0.25, 0.3) is 0 Å². The van der Waals surface area contributed by atoms with Gasteiger partial charge in [-0.25, -0.2) is 0 Å². The maximum absolute atomic E-state index is 10.6. The Morgan fingerprint density at radius 1 is 0.583 bits per heavy atom. The minimum absolute atomic E-state index is 0.158. The Kier molecular flexibility index (Phi) is 19.9. The lowest BCUT2D eigenvalue weighted by atomic mass is 10.0. The monoisotopic (exact) mass is 341 g/mol. The normalized spacial score (nSPS) is 11.0. The van der Waals surface area contributed by atoms with Crippen molar-refractivity contribution < 1.29 is 4.79 Å². The van der Waals surface area contributed by atoms with Gasteiger partial charge in [0.05, 0.1) is 0 Å². The Balaban J connectivity index is 2.97. The number of primary amides is 1. The van der Waals surface area contributed by atoms with Crippen LogP contribution in [0.2, 0.25) is 0 Å². The molecular formula is C20H43N3O. The Bertz CT molecular complexity index is 259. The Labute approximate surface area is 150 Å². The van der Waals surface area contributed by atoms with Crippen molar-refractivity contribution in [1.82, 2.24) is 5.32 Å². The van der Waals surface area contributed by atoms with E-state index < -0.39 is 0 Å². The Morgan fingerprint density at radius 3 is 1.33 bits per heavy atom. The number of nitrogens with two attached hydrogens (primary N) is 2. The molecule has 0 bridgehead atoms. The van der Waals surface area contributed by atoms with Gasteiger partial charge in [-0.05, 0) is 19.4 Å². The first-order valence-corrected chi connectivity index (χ1v) is 10.5. The fourth-order valence-electron chi connectivity index (χ4n) is 3.07. The van der Waals surface area contributed by atoms with Crippen molar-refractivity contribution in [2.24, 2.45) is 11.5 Å². The SMILES string of the molecule is NCCNCCCCCCCCCCCCCCCCCC(N)=O. The molecule has 4 nitrogen and oxygen atoms in total. The van der Waals surface area contributed by atoms with Crippen LogP contribution < -0.4 is 16.8 Å². The zero-order valence-electron chi connectivity index (χ0n) is 16.0. The summed E-state index contributed by atoms with van der Waals surface area (Å²) >= 11 is 0. The van der Waals surface area contributed by atoms with Crippen LogP contribution in [0.5, 0.6) is 0 Å². The van der Waals surface area contributed by atoms with E-state index in [0.29, 0.717) is 6.42 Å². The summed E-state index contributed by atoms with van der Waals surface area (Å²) in [5.74, 6) is -0.158. The predicted octanol–water partition coefficient (Wildman–Crippen LogP) is 4.26. The molecule has 5 N–H and O–H groups in total. The number of hydrogen-bond acceptors (Lipinski definition) is 3. The molecule has 0 heterocycles. The maximum atomic E-state index is 10.6. The second-order valence-corrected chi connectivity index (χ2v) is 7.06. The highest BCUT2D eigenvalue weighted by Gasteiger charge is 1.96. The lowest BCUT2D eigenvalue weighted by Crippen LogP contribution is -2.23. The van der Waals surface area contributed by atoms with E-state index in [1.54, 1.807) is 0 Å². The van der Waals surface area contributed by atoms with Crippen LogP contribution in [0.1, 0.15) is 103 Å². The third-order valence-electron chi connectivity index (χ3n) is 4.60. The van der Waals surface area contributed by atoms with Crippen LogP contribution in [0, 0.1) is 0 Å². The zero-order chi connectivity index (χ0) is 17.7. The molecule has 0 aromatic carbocycles. The molecular weight excluding hydrogens is 298 g/mol. The van der Waals surface area contributed by atoms with E-state index in [0.717, 1.165) is 32.5 Å². The summed E-state index contributed by atoms with van der Waals surface area (Å²) in [7, 11) is 0. The van der Waals surface area contributed by atoms with Crippen LogP contribution in [0.25, 0.3) is 0 Å².